The van der Waals surface area contributed by atoms with E-state index in [2.05, 4.69) is 67.8 Å². The molecule has 11 heteroatoms. The van der Waals surface area contributed by atoms with Gasteiger partial charge in [-0.2, -0.15) is 0 Å². The Bertz CT molecular complexity index is 1630. The molecule has 1 heterocycles. The van der Waals surface area contributed by atoms with Crippen LogP contribution in [0.5, 0.6) is 0 Å². The summed E-state index contributed by atoms with van der Waals surface area (Å²) in [7, 11) is 0. The molecule has 1 fully saturated rings. The highest BCUT2D eigenvalue weighted by Crippen LogP contribution is 2.23. The summed E-state index contributed by atoms with van der Waals surface area (Å²) in [5.74, 6) is -0.189. The minimum absolute atomic E-state index is 0.00954. The molecule has 0 aromatic carbocycles. The van der Waals surface area contributed by atoms with E-state index in [1.165, 1.54) is 250 Å². The van der Waals surface area contributed by atoms with E-state index < -0.39 is 49.5 Å². The summed E-state index contributed by atoms with van der Waals surface area (Å²) in [6, 6.07) is -0.811. The van der Waals surface area contributed by atoms with Crippen molar-refractivity contribution >= 4 is 11.9 Å². The van der Waals surface area contributed by atoms with Crippen LogP contribution in [0.1, 0.15) is 348 Å². The minimum Gasteiger partial charge on any atom is -0.466 e. The van der Waals surface area contributed by atoms with Crippen LogP contribution < -0.4 is 5.32 Å². The van der Waals surface area contributed by atoms with Gasteiger partial charge in [0.1, 0.15) is 24.4 Å². The number of hydrogen-bond donors (Lipinski definition) is 6. The molecular weight excluding hydrogens is 1090 g/mol. The van der Waals surface area contributed by atoms with Gasteiger partial charge in [-0.15, -0.1) is 0 Å². The molecule has 7 atom stereocenters. The van der Waals surface area contributed by atoms with Gasteiger partial charge in [0.25, 0.3) is 0 Å². The lowest BCUT2D eigenvalue weighted by Crippen LogP contribution is -2.60. The van der Waals surface area contributed by atoms with E-state index in [0.29, 0.717) is 19.4 Å². The number of ether oxygens (including phenoxy) is 3. The number of rotatable bonds is 65. The Balaban J connectivity index is 1.98. The SMILES string of the molecule is CCCC/C=C\C/C=C\CCCCCCCC(=O)OCCCCCCCCCCC/C=C\C/C=C\CCCCCCCCCCCCCCCCCC(=O)NC(COC1OC(CO)C(O)C(O)C1O)C(O)/C=C/CCCCCCCCCCCCCC. The van der Waals surface area contributed by atoms with Crippen molar-refractivity contribution in [1.29, 1.82) is 0 Å². The highest BCUT2D eigenvalue weighted by molar-refractivity contribution is 5.76. The van der Waals surface area contributed by atoms with Crippen LogP contribution in [-0.2, 0) is 23.8 Å². The second-order valence-corrected chi connectivity index (χ2v) is 25.6. The molecule has 11 nitrogen and oxygen atoms in total. The van der Waals surface area contributed by atoms with Crippen molar-refractivity contribution in [3.05, 3.63) is 60.8 Å². The van der Waals surface area contributed by atoms with Gasteiger partial charge in [-0.1, -0.05) is 306 Å². The van der Waals surface area contributed by atoms with E-state index in [9.17, 15) is 35.1 Å². The van der Waals surface area contributed by atoms with Gasteiger partial charge in [0.2, 0.25) is 5.91 Å². The third-order valence-corrected chi connectivity index (χ3v) is 17.3. The minimum atomic E-state index is -1.57. The maximum Gasteiger partial charge on any atom is 0.305 e. The van der Waals surface area contributed by atoms with Crippen molar-refractivity contribution in [3.8, 4) is 0 Å². The summed E-state index contributed by atoms with van der Waals surface area (Å²) in [6.07, 6.45) is 76.4. The van der Waals surface area contributed by atoms with E-state index in [1.807, 2.05) is 6.08 Å². The molecule has 7 unspecified atom stereocenters. The monoisotopic (exact) mass is 1230 g/mol. The smallest absolute Gasteiger partial charge is 0.305 e. The van der Waals surface area contributed by atoms with Crippen LogP contribution in [0.25, 0.3) is 0 Å². The zero-order chi connectivity index (χ0) is 63.0. The van der Waals surface area contributed by atoms with Gasteiger partial charge in [0.05, 0.1) is 32.0 Å². The zero-order valence-corrected chi connectivity index (χ0v) is 56.5. The Morgan fingerprint density at radius 2 is 0.782 bits per heavy atom. The number of carbonyl (C=O) groups excluding carboxylic acids is 2. The van der Waals surface area contributed by atoms with E-state index in [0.717, 1.165) is 70.6 Å². The van der Waals surface area contributed by atoms with Gasteiger partial charge >= 0.3 is 5.97 Å². The van der Waals surface area contributed by atoms with Gasteiger partial charge < -0.3 is 45.1 Å². The van der Waals surface area contributed by atoms with Gasteiger partial charge in [-0.05, 0) is 89.9 Å². The number of aliphatic hydroxyl groups excluding tert-OH is 5. The molecule has 1 amide bonds. The third kappa shape index (κ3) is 53.7. The number of hydrogen-bond acceptors (Lipinski definition) is 10. The number of carbonyl (C=O) groups is 2. The summed E-state index contributed by atoms with van der Waals surface area (Å²) in [5, 5.41) is 54.6. The topological polar surface area (TPSA) is 175 Å². The van der Waals surface area contributed by atoms with Crippen molar-refractivity contribution in [3.63, 3.8) is 0 Å². The van der Waals surface area contributed by atoms with Crippen molar-refractivity contribution in [2.45, 2.75) is 391 Å². The molecular formula is C76H139NO10. The fourth-order valence-electron chi connectivity index (χ4n) is 11.5. The molecule has 0 spiro atoms. The third-order valence-electron chi connectivity index (χ3n) is 17.3. The maximum absolute atomic E-state index is 13.1. The lowest BCUT2D eigenvalue weighted by Gasteiger charge is -2.40. The molecule has 0 bridgehead atoms. The lowest BCUT2D eigenvalue weighted by atomic mass is 9.99. The molecule has 0 saturated carbocycles. The van der Waals surface area contributed by atoms with Crippen LogP contribution in [-0.4, -0.2) is 100 Å². The quantitative estimate of drug-likeness (QED) is 0.0195. The molecule has 0 aliphatic carbocycles. The van der Waals surface area contributed by atoms with E-state index in [4.69, 9.17) is 14.2 Å². The predicted octanol–water partition coefficient (Wildman–Crippen LogP) is 19.3. The maximum atomic E-state index is 13.1. The Kier molecular flexibility index (Phi) is 61.4. The van der Waals surface area contributed by atoms with Crippen LogP contribution >= 0.6 is 0 Å². The van der Waals surface area contributed by atoms with E-state index in [1.54, 1.807) is 6.08 Å². The van der Waals surface area contributed by atoms with Crippen LogP contribution in [0.15, 0.2) is 60.8 Å². The number of aliphatic hydroxyl groups is 5. The average molecular weight is 1230 g/mol. The van der Waals surface area contributed by atoms with Gasteiger partial charge in [-0.25, -0.2) is 0 Å². The van der Waals surface area contributed by atoms with Crippen LogP contribution in [0, 0.1) is 0 Å². The Labute approximate surface area is 535 Å². The Morgan fingerprint density at radius 3 is 1.20 bits per heavy atom. The summed E-state index contributed by atoms with van der Waals surface area (Å²) < 4.78 is 16.8. The van der Waals surface area contributed by atoms with Crippen molar-refractivity contribution in [2.75, 3.05) is 19.8 Å². The number of esters is 1. The summed E-state index contributed by atoms with van der Waals surface area (Å²) in [5.41, 5.74) is 0. The Morgan fingerprint density at radius 1 is 0.425 bits per heavy atom. The molecule has 0 radical (unpaired) electrons. The van der Waals surface area contributed by atoms with Crippen molar-refractivity contribution in [2.24, 2.45) is 0 Å². The van der Waals surface area contributed by atoms with Crippen LogP contribution in [0.2, 0.25) is 0 Å². The molecule has 1 aliphatic rings. The van der Waals surface area contributed by atoms with Gasteiger partial charge in [0, 0.05) is 12.8 Å². The Hall–Kier alpha value is -2.64. The highest BCUT2D eigenvalue weighted by Gasteiger charge is 2.44. The highest BCUT2D eigenvalue weighted by atomic mass is 16.7. The summed E-state index contributed by atoms with van der Waals surface area (Å²) >= 11 is 0. The molecule has 508 valence electrons. The number of unbranched alkanes of at least 4 members (excludes halogenated alkanes) is 43. The molecule has 1 aliphatic heterocycles. The molecule has 87 heavy (non-hydrogen) atoms. The second kappa shape index (κ2) is 64.9. The van der Waals surface area contributed by atoms with Crippen LogP contribution in [0.4, 0.5) is 0 Å². The normalized spacial score (nSPS) is 18.2. The number of allylic oxidation sites excluding steroid dienone is 9. The van der Waals surface area contributed by atoms with E-state index >= 15 is 0 Å². The fourth-order valence-corrected chi connectivity index (χ4v) is 11.5. The van der Waals surface area contributed by atoms with Crippen LogP contribution in [0.3, 0.4) is 0 Å². The molecule has 1 saturated heterocycles. The lowest BCUT2D eigenvalue weighted by molar-refractivity contribution is -0.302. The molecule has 0 aromatic rings. The fraction of sp³-hybridized carbons (Fsp3) is 0.842. The predicted molar refractivity (Wildman–Crippen MR) is 366 cm³/mol. The number of amides is 1. The first-order valence-corrected chi connectivity index (χ1v) is 37.1. The van der Waals surface area contributed by atoms with E-state index in [-0.39, 0.29) is 18.5 Å². The summed E-state index contributed by atoms with van der Waals surface area (Å²) in [4.78, 5) is 25.2. The van der Waals surface area contributed by atoms with Crippen molar-refractivity contribution < 1.29 is 49.3 Å². The first-order chi connectivity index (χ1) is 42.7. The largest absolute Gasteiger partial charge is 0.466 e. The summed E-state index contributed by atoms with van der Waals surface area (Å²) in [6.45, 7) is 4.32. The van der Waals surface area contributed by atoms with Gasteiger partial charge in [0.15, 0.2) is 6.29 Å². The molecule has 1 rings (SSSR count). The standard InChI is InChI=1S/C76H139NO10/c1-3-5-7-9-11-13-15-17-38-42-46-50-54-58-62-69(79)68(67-86-76-75(84)74(83)73(82)70(66-78)87-76)77-71(80)63-59-55-51-47-43-39-36-34-32-30-28-26-24-22-20-19-21-23-25-27-29-31-33-35-37-41-45-49-53-57-61-65-85-72(81)64-60-56-52-48-44-40-18-16-14-12-10-8-6-4-2/h10,12,16,18,21,23,27,29,58,62,68-70,73-76,78-79,82-84H,3-9,11,13-15,17,19-20,22,24-26,28,30-57,59-61,63-67H2,1-2H3,(H,77,80)/b12-10-,18-16-,23-21-,29-27-,62-58+. The zero-order valence-electron chi connectivity index (χ0n) is 56.5. The first kappa shape index (κ1) is 82.4. The van der Waals surface area contributed by atoms with Gasteiger partial charge in [-0.3, -0.25) is 9.59 Å². The number of nitrogens with one attached hydrogen (secondary N) is 1. The first-order valence-electron chi connectivity index (χ1n) is 37.1. The molecule has 0 aromatic heterocycles. The second-order valence-electron chi connectivity index (χ2n) is 25.6. The van der Waals surface area contributed by atoms with Crippen molar-refractivity contribution in [1.82, 2.24) is 5.32 Å². The average Bonchev–Trinajstić information content (AvgIpc) is 2.79. The molecule has 6 N–H and O–H groups in total.